The van der Waals surface area contributed by atoms with Gasteiger partial charge in [-0.25, -0.2) is 8.78 Å². The van der Waals surface area contributed by atoms with Gasteiger partial charge in [0.2, 0.25) is 5.91 Å². The number of halogens is 2. The van der Waals surface area contributed by atoms with Crippen molar-refractivity contribution in [2.75, 3.05) is 38.1 Å². The molecule has 0 saturated carbocycles. The Morgan fingerprint density at radius 2 is 2.03 bits per heavy atom. The van der Waals surface area contributed by atoms with Crippen molar-refractivity contribution >= 4 is 29.2 Å². The van der Waals surface area contributed by atoms with Gasteiger partial charge in [0.15, 0.2) is 5.82 Å². The molecule has 1 aromatic carbocycles. The lowest BCUT2D eigenvalue weighted by Gasteiger charge is -2.33. The second kappa shape index (κ2) is 10.6. The van der Waals surface area contributed by atoms with Gasteiger partial charge in [-0.3, -0.25) is 14.5 Å². The Morgan fingerprint density at radius 3 is 2.70 bits per heavy atom. The number of nitrogens with zero attached hydrogens (tertiary/aromatic N) is 5. The molecule has 3 aliphatic heterocycles. The maximum atomic E-state index is 14.3. The monoisotopic (exact) mass is 511 g/mol. The van der Waals surface area contributed by atoms with Gasteiger partial charge in [-0.1, -0.05) is 0 Å². The van der Waals surface area contributed by atoms with E-state index in [0.29, 0.717) is 36.8 Å². The molecule has 0 aliphatic carbocycles. The predicted octanol–water partition coefficient (Wildman–Crippen LogP) is 3.73. The second-order valence-corrected chi connectivity index (χ2v) is 10.00. The van der Waals surface area contributed by atoms with Crippen molar-refractivity contribution in [3.8, 4) is 0 Å². The van der Waals surface area contributed by atoms with Crippen LogP contribution in [0.2, 0.25) is 0 Å². The molecule has 37 heavy (non-hydrogen) atoms. The molecule has 0 radical (unpaired) electrons. The summed E-state index contributed by atoms with van der Waals surface area (Å²) in [6.07, 6.45) is 4.55. The van der Waals surface area contributed by atoms with Crippen LogP contribution < -0.4 is 16.0 Å². The van der Waals surface area contributed by atoms with Gasteiger partial charge in [0.25, 0.3) is 6.43 Å². The first-order chi connectivity index (χ1) is 17.9. The molecule has 1 saturated heterocycles. The van der Waals surface area contributed by atoms with Crippen molar-refractivity contribution in [1.82, 2.24) is 20.0 Å². The lowest BCUT2D eigenvalue weighted by atomic mass is 9.92. The third kappa shape index (κ3) is 4.74. The summed E-state index contributed by atoms with van der Waals surface area (Å²) in [5.41, 5.74) is 10.6. The number of nitrogens with two attached hydrogens (primary N) is 1. The molecule has 0 spiro atoms. The number of alkyl halides is 2. The van der Waals surface area contributed by atoms with E-state index in [4.69, 9.17) is 10.8 Å². The Hall–Kier alpha value is -3.27. The number of benzene rings is 1. The van der Waals surface area contributed by atoms with Crippen molar-refractivity contribution in [3.63, 3.8) is 0 Å². The summed E-state index contributed by atoms with van der Waals surface area (Å²) in [7, 11) is 1.60. The first-order valence-electron chi connectivity index (χ1n) is 13.1. The van der Waals surface area contributed by atoms with Crippen LogP contribution in [0.4, 0.5) is 20.3 Å². The van der Waals surface area contributed by atoms with Crippen LogP contribution in [0.15, 0.2) is 23.3 Å². The normalized spacial score (nSPS) is 19.0. The molecule has 0 unspecified atom stereocenters. The van der Waals surface area contributed by atoms with Gasteiger partial charge in [-0.05, 0) is 62.0 Å². The fourth-order valence-electron chi connectivity index (χ4n) is 5.91. The molecule has 0 atom stereocenters. The number of aliphatic imine (C=N–C) groups is 1. The molecule has 198 valence electrons. The van der Waals surface area contributed by atoms with Crippen molar-refractivity contribution < 1.29 is 13.6 Å². The minimum Gasteiger partial charge on any atom is -0.404 e. The molecule has 8 nitrogen and oxygen atoms in total. The van der Waals surface area contributed by atoms with Crippen molar-refractivity contribution in [2.24, 2.45) is 10.7 Å². The van der Waals surface area contributed by atoms with Gasteiger partial charge in [0, 0.05) is 74.0 Å². The number of allylic oxidation sites excluding steroid dienone is 1. The minimum atomic E-state index is -2.67. The van der Waals surface area contributed by atoms with Crippen molar-refractivity contribution in [2.45, 2.75) is 58.0 Å². The summed E-state index contributed by atoms with van der Waals surface area (Å²) < 4.78 is 30.8. The Balaban J connectivity index is 1.63. The Bertz CT molecular complexity index is 1230. The van der Waals surface area contributed by atoms with Gasteiger partial charge >= 0.3 is 0 Å². The smallest absolute Gasteiger partial charge is 0.264 e. The van der Waals surface area contributed by atoms with Crippen LogP contribution in [0.5, 0.6) is 0 Å². The molecule has 1 aromatic heterocycles. The SMILES string of the molecule is CN=C/C(=C\N)c1cc2c(cc1C(F)F)N(c1nn(C3CCNCC3)c3c1CN(C(C)=O)CC3)CCC2. The largest absolute Gasteiger partial charge is 0.404 e. The molecule has 10 heteroatoms. The molecule has 3 N–H and O–H groups in total. The van der Waals surface area contributed by atoms with E-state index in [0.717, 1.165) is 67.8 Å². The topological polar surface area (TPSA) is 91.8 Å². The lowest BCUT2D eigenvalue weighted by Crippen LogP contribution is -2.36. The highest BCUT2D eigenvalue weighted by Crippen LogP contribution is 2.42. The highest BCUT2D eigenvalue weighted by atomic mass is 19.3. The van der Waals surface area contributed by atoms with E-state index >= 15 is 0 Å². The van der Waals surface area contributed by atoms with E-state index in [2.05, 4.69) is 19.9 Å². The summed E-state index contributed by atoms with van der Waals surface area (Å²) in [6.45, 7) is 5.32. The van der Waals surface area contributed by atoms with Crippen LogP contribution in [0.25, 0.3) is 5.57 Å². The molecule has 3 aliphatic rings. The third-order valence-electron chi connectivity index (χ3n) is 7.78. The van der Waals surface area contributed by atoms with Gasteiger partial charge < -0.3 is 20.9 Å². The molecule has 5 rings (SSSR count). The van der Waals surface area contributed by atoms with Crippen molar-refractivity contribution in [1.29, 1.82) is 0 Å². The molecular formula is C27H35F2N7O. The highest BCUT2D eigenvalue weighted by Gasteiger charge is 2.34. The summed E-state index contributed by atoms with van der Waals surface area (Å²) >= 11 is 0. The maximum absolute atomic E-state index is 14.3. The number of amides is 1. The van der Waals surface area contributed by atoms with Crippen LogP contribution >= 0.6 is 0 Å². The molecule has 1 fully saturated rings. The number of aromatic nitrogens is 2. The Morgan fingerprint density at radius 1 is 1.24 bits per heavy atom. The van der Waals surface area contributed by atoms with Crippen LogP contribution in [0.1, 0.15) is 66.6 Å². The van der Waals surface area contributed by atoms with Crippen LogP contribution in [-0.2, 0) is 24.2 Å². The van der Waals surface area contributed by atoms with E-state index in [1.807, 2.05) is 11.0 Å². The average molecular weight is 512 g/mol. The number of anilines is 2. The van der Waals surface area contributed by atoms with E-state index in [1.54, 1.807) is 20.0 Å². The lowest BCUT2D eigenvalue weighted by molar-refractivity contribution is -0.129. The van der Waals surface area contributed by atoms with Gasteiger partial charge in [-0.2, -0.15) is 5.10 Å². The first-order valence-corrected chi connectivity index (χ1v) is 13.1. The Kier molecular flexibility index (Phi) is 7.28. The standard InChI is InChI=1S/C27H35F2N7O/c1-17(37)34-11-7-24-23(16-34)27(33-36(24)20-5-8-32-9-6-20)35-10-3-4-18-12-21(19(14-30)15-31-2)22(26(28)29)13-25(18)35/h12-15,20,26,32H,3-11,16,30H2,1-2H3/b19-14+,31-15?. The molecule has 0 bridgehead atoms. The molecular weight excluding hydrogens is 476 g/mol. The Labute approximate surface area is 216 Å². The van der Waals surface area contributed by atoms with E-state index in [-0.39, 0.29) is 11.5 Å². The number of carbonyl (C=O) groups excluding carboxylic acids is 1. The zero-order valence-corrected chi connectivity index (χ0v) is 21.5. The van der Waals surface area contributed by atoms with E-state index in [9.17, 15) is 13.6 Å². The maximum Gasteiger partial charge on any atom is 0.264 e. The number of nitrogens with one attached hydrogen (secondary N) is 1. The zero-order chi connectivity index (χ0) is 26.1. The second-order valence-electron chi connectivity index (χ2n) is 10.00. The number of carbonyl (C=O) groups is 1. The quantitative estimate of drug-likeness (QED) is 0.597. The number of piperidine rings is 1. The summed E-state index contributed by atoms with van der Waals surface area (Å²) in [5, 5.41) is 8.56. The number of rotatable bonds is 5. The van der Waals surface area contributed by atoms with Crippen molar-refractivity contribution in [3.05, 3.63) is 46.3 Å². The van der Waals surface area contributed by atoms with Crippen LogP contribution in [0.3, 0.4) is 0 Å². The average Bonchev–Trinajstić information content (AvgIpc) is 3.29. The van der Waals surface area contributed by atoms with Gasteiger partial charge in [-0.15, -0.1) is 0 Å². The summed E-state index contributed by atoms with van der Waals surface area (Å²) in [5.74, 6) is 0.826. The highest BCUT2D eigenvalue weighted by molar-refractivity contribution is 6.10. The number of hydrogen-bond donors (Lipinski definition) is 2. The van der Waals surface area contributed by atoms with E-state index in [1.165, 1.54) is 18.1 Å². The molecule has 1 amide bonds. The van der Waals surface area contributed by atoms with E-state index < -0.39 is 6.43 Å². The van der Waals surface area contributed by atoms with Crippen LogP contribution in [0, 0.1) is 0 Å². The minimum absolute atomic E-state index is 0.0357. The molecule has 4 heterocycles. The summed E-state index contributed by atoms with van der Waals surface area (Å²) in [6, 6.07) is 3.73. The predicted molar refractivity (Wildman–Crippen MR) is 141 cm³/mol. The van der Waals surface area contributed by atoms with Gasteiger partial charge in [0.05, 0.1) is 12.6 Å². The fraction of sp³-hybridized carbons (Fsp3) is 0.519. The number of hydrogen-bond acceptors (Lipinski definition) is 6. The number of fused-ring (bicyclic) bond motifs is 2. The van der Waals surface area contributed by atoms with Gasteiger partial charge in [0.1, 0.15) is 0 Å². The third-order valence-corrected chi connectivity index (χ3v) is 7.78. The number of aryl methyl sites for hydroxylation is 1. The summed E-state index contributed by atoms with van der Waals surface area (Å²) in [4.78, 5) is 20.2. The fourth-order valence-corrected chi connectivity index (χ4v) is 5.91. The zero-order valence-electron chi connectivity index (χ0n) is 21.5. The first kappa shape index (κ1) is 25.4. The van der Waals surface area contributed by atoms with Crippen LogP contribution in [-0.4, -0.2) is 60.0 Å². The molecule has 2 aromatic rings.